The lowest BCUT2D eigenvalue weighted by molar-refractivity contribution is -0.384. The summed E-state index contributed by atoms with van der Waals surface area (Å²) in [5.74, 6) is -0.806. The van der Waals surface area contributed by atoms with Crippen molar-refractivity contribution in [3.8, 4) is 0 Å². The van der Waals surface area contributed by atoms with E-state index in [9.17, 15) is 19.7 Å². The first kappa shape index (κ1) is 20.6. The molecule has 2 amide bonds. The average molecular weight is 349 g/mol. The van der Waals surface area contributed by atoms with Crippen molar-refractivity contribution in [3.05, 3.63) is 39.4 Å². The molecule has 0 aliphatic carbocycles. The van der Waals surface area contributed by atoms with Gasteiger partial charge < -0.3 is 10.6 Å². The summed E-state index contributed by atoms with van der Waals surface area (Å²) in [6.45, 7) is 5.14. The Labute approximate surface area is 148 Å². The summed E-state index contributed by atoms with van der Waals surface area (Å²) < 4.78 is 0. The van der Waals surface area contributed by atoms with Gasteiger partial charge in [-0.25, -0.2) is 0 Å². The van der Waals surface area contributed by atoms with Gasteiger partial charge in [0.05, 0.1) is 4.92 Å². The van der Waals surface area contributed by atoms with E-state index in [-0.39, 0.29) is 16.8 Å². The Kier molecular flexibility index (Phi) is 9.21. The molecule has 0 saturated carbocycles. The van der Waals surface area contributed by atoms with E-state index in [1.807, 2.05) is 0 Å². The number of carbonyl (C=O) groups excluding carboxylic acids is 2. The third-order valence-electron chi connectivity index (χ3n) is 3.78. The second-order valence-corrected chi connectivity index (χ2v) is 5.95. The normalized spacial score (nSPS) is 10.3. The maximum Gasteiger partial charge on any atom is 0.271 e. The highest BCUT2D eigenvalue weighted by Gasteiger charge is 2.17. The highest BCUT2D eigenvalue weighted by atomic mass is 16.6. The number of non-ortho nitro benzene ring substituents is 1. The molecular formula is C18H27N3O4. The highest BCUT2D eigenvalue weighted by molar-refractivity contribution is 6.00. The van der Waals surface area contributed by atoms with Gasteiger partial charge in [0.1, 0.15) is 0 Å². The zero-order valence-corrected chi connectivity index (χ0v) is 15.0. The summed E-state index contributed by atoms with van der Waals surface area (Å²) in [7, 11) is 0. The number of unbranched alkanes of at least 4 members (excludes halogenated alkanes) is 4. The molecule has 2 N–H and O–H groups in total. The van der Waals surface area contributed by atoms with Crippen LogP contribution in [0.15, 0.2) is 18.2 Å². The molecule has 0 spiro atoms. The van der Waals surface area contributed by atoms with Crippen LogP contribution in [0.3, 0.4) is 0 Å². The van der Waals surface area contributed by atoms with Crippen molar-refractivity contribution in [2.45, 2.75) is 52.4 Å². The zero-order valence-electron chi connectivity index (χ0n) is 15.0. The lowest BCUT2D eigenvalue weighted by atomic mass is 10.1. The lowest BCUT2D eigenvalue weighted by Gasteiger charge is -2.08. The molecule has 1 aromatic rings. The van der Waals surface area contributed by atoms with Crippen LogP contribution in [0.25, 0.3) is 0 Å². The number of rotatable bonds is 11. The predicted molar refractivity (Wildman–Crippen MR) is 96.8 cm³/mol. The molecule has 7 heteroatoms. The molecule has 0 saturated heterocycles. The zero-order chi connectivity index (χ0) is 18.7. The first-order valence-corrected chi connectivity index (χ1v) is 8.85. The minimum atomic E-state index is -0.596. The van der Waals surface area contributed by atoms with Gasteiger partial charge in [-0.05, 0) is 18.9 Å². The summed E-state index contributed by atoms with van der Waals surface area (Å²) in [6.07, 6.45) is 5.77. The Morgan fingerprint density at radius 1 is 0.880 bits per heavy atom. The van der Waals surface area contributed by atoms with Crippen LogP contribution in [-0.2, 0) is 0 Å². The van der Waals surface area contributed by atoms with Crippen molar-refractivity contribution in [3.63, 3.8) is 0 Å². The number of nitrogens with one attached hydrogen (secondary N) is 2. The molecule has 0 fully saturated rings. The molecular weight excluding hydrogens is 322 g/mol. The maximum absolute atomic E-state index is 12.2. The number of hydrogen-bond donors (Lipinski definition) is 2. The monoisotopic (exact) mass is 349 g/mol. The molecule has 0 heterocycles. The minimum Gasteiger partial charge on any atom is -0.352 e. The van der Waals surface area contributed by atoms with Crippen LogP contribution in [0.4, 0.5) is 5.69 Å². The van der Waals surface area contributed by atoms with Gasteiger partial charge >= 0.3 is 0 Å². The van der Waals surface area contributed by atoms with Crippen molar-refractivity contribution in [2.24, 2.45) is 0 Å². The van der Waals surface area contributed by atoms with E-state index in [1.165, 1.54) is 18.2 Å². The number of carbonyl (C=O) groups is 2. The number of hydrogen-bond acceptors (Lipinski definition) is 4. The molecule has 0 atom stereocenters. The van der Waals surface area contributed by atoms with E-state index in [1.54, 1.807) is 0 Å². The minimum absolute atomic E-state index is 0.129. The van der Waals surface area contributed by atoms with Crippen molar-refractivity contribution in [1.29, 1.82) is 0 Å². The van der Waals surface area contributed by atoms with Crippen LogP contribution in [0.2, 0.25) is 0 Å². The third kappa shape index (κ3) is 7.32. The van der Waals surface area contributed by atoms with E-state index in [4.69, 9.17) is 0 Å². The molecule has 0 bridgehead atoms. The SMILES string of the molecule is CCCCCNC(=O)c1cc(C(=O)NCCCCC)cc([N+](=O)[O-])c1. The van der Waals surface area contributed by atoms with Gasteiger partial charge in [0.15, 0.2) is 0 Å². The lowest BCUT2D eigenvalue weighted by Crippen LogP contribution is -2.27. The van der Waals surface area contributed by atoms with Crippen LogP contribution >= 0.6 is 0 Å². The molecule has 0 aliphatic heterocycles. The summed E-state index contributed by atoms with van der Waals surface area (Å²) in [6, 6.07) is 3.79. The van der Waals surface area contributed by atoms with Gasteiger partial charge in [0.2, 0.25) is 0 Å². The predicted octanol–water partition coefficient (Wildman–Crippen LogP) is 3.43. The fourth-order valence-corrected chi connectivity index (χ4v) is 2.34. The van der Waals surface area contributed by atoms with Crippen molar-refractivity contribution < 1.29 is 14.5 Å². The van der Waals surface area contributed by atoms with E-state index < -0.39 is 16.7 Å². The Morgan fingerprint density at radius 2 is 1.32 bits per heavy atom. The van der Waals surface area contributed by atoms with Gasteiger partial charge in [-0.15, -0.1) is 0 Å². The Bertz CT molecular complexity index is 560. The van der Waals surface area contributed by atoms with Crippen LogP contribution < -0.4 is 10.6 Å². The number of amides is 2. The molecule has 7 nitrogen and oxygen atoms in total. The number of nitrogens with zero attached hydrogens (tertiary/aromatic N) is 1. The molecule has 1 rings (SSSR count). The van der Waals surface area contributed by atoms with E-state index >= 15 is 0 Å². The highest BCUT2D eigenvalue weighted by Crippen LogP contribution is 2.17. The first-order chi connectivity index (χ1) is 12.0. The van der Waals surface area contributed by atoms with Gasteiger partial charge in [-0.1, -0.05) is 39.5 Å². The van der Waals surface area contributed by atoms with Crippen molar-refractivity contribution >= 4 is 17.5 Å². The molecule has 0 radical (unpaired) electrons. The molecule has 0 aromatic heterocycles. The van der Waals surface area contributed by atoms with Crippen LogP contribution in [0.5, 0.6) is 0 Å². The second kappa shape index (κ2) is 11.2. The smallest absolute Gasteiger partial charge is 0.271 e. The quantitative estimate of drug-likeness (QED) is 0.363. The van der Waals surface area contributed by atoms with Gasteiger partial charge in [0, 0.05) is 36.3 Å². The number of benzene rings is 1. The Morgan fingerprint density at radius 3 is 1.68 bits per heavy atom. The largest absolute Gasteiger partial charge is 0.352 e. The Hall–Kier alpha value is -2.44. The summed E-state index contributed by atoms with van der Waals surface area (Å²) in [4.78, 5) is 34.9. The van der Waals surface area contributed by atoms with Crippen molar-refractivity contribution in [2.75, 3.05) is 13.1 Å². The molecule has 0 unspecified atom stereocenters. The van der Waals surface area contributed by atoms with Gasteiger partial charge in [0.25, 0.3) is 17.5 Å². The number of nitro benzene ring substituents is 1. The molecule has 0 aliphatic rings. The Balaban J connectivity index is 2.84. The fourth-order valence-electron chi connectivity index (χ4n) is 2.34. The summed E-state index contributed by atoms with van der Waals surface area (Å²) in [5.41, 5.74) is -0.00581. The van der Waals surface area contributed by atoms with E-state index in [0.717, 1.165) is 38.5 Å². The van der Waals surface area contributed by atoms with Crippen LogP contribution in [-0.4, -0.2) is 29.8 Å². The topological polar surface area (TPSA) is 101 Å². The molecule has 138 valence electrons. The van der Waals surface area contributed by atoms with Gasteiger partial charge in [-0.3, -0.25) is 19.7 Å². The fraction of sp³-hybridized carbons (Fsp3) is 0.556. The summed E-state index contributed by atoms with van der Waals surface area (Å²) in [5, 5.41) is 16.6. The molecule has 25 heavy (non-hydrogen) atoms. The van der Waals surface area contributed by atoms with Crippen LogP contribution in [0, 0.1) is 10.1 Å². The van der Waals surface area contributed by atoms with Crippen LogP contribution in [0.1, 0.15) is 73.1 Å². The average Bonchev–Trinajstić information content (AvgIpc) is 2.61. The number of nitro groups is 1. The van der Waals surface area contributed by atoms with Gasteiger partial charge in [-0.2, -0.15) is 0 Å². The van der Waals surface area contributed by atoms with E-state index in [2.05, 4.69) is 24.5 Å². The third-order valence-corrected chi connectivity index (χ3v) is 3.78. The second-order valence-electron chi connectivity index (χ2n) is 5.95. The maximum atomic E-state index is 12.2. The molecule has 1 aromatic carbocycles. The van der Waals surface area contributed by atoms with Crippen molar-refractivity contribution in [1.82, 2.24) is 10.6 Å². The van der Waals surface area contributed by atoms with E-state index in [0.29, 0.717) is 13.1 Å². The first-order valence-electron chi connectivity index (χ1n) is 8.85. The standard InChI is InChI=1S/C18H27N3O4/c1-3-5-7-9-19-17(22)14-11-15(13-16(12-14)21(24)25)18(23)20-10-8-6-4-2/h11-13H,3-10H2,1-2H3,(H,19,22)(H,20,23). The summed E-state index contributed by atoms with van der Waals surface area (Å²) >= 11 is 0.